The molecule has 0 saturated heterocycles. The number of guanidine groups is 1. The molecule has 1 aromatic rings. The molecule has 1 atom stereocenters. The molecule has 0 bridgehead atoms. The number of nitrogens with zero attached hydrogens (tertiary/aromatic N) is 1. The summed E-state index contributed by atoms with van der Waals surface area (Å²) >= 11 is 0. The predicted molar refractivity (Wildman–Crippen MR) is 107 cm³/mol. The lowest BCUT2D eigenvalue weighted by atomic mass is 10.0. The third kappa shape index (κ3) is 9.47. The van der Waals surface area contributed by atoms with Crippen LogP contribution in [0.5, 0.6) is 0 Å². The summed E-state index contributed by atoms with van der Waals surface area (Å²) in [5.41, 5.74) is -1.15. The van der Waals surface area contributed by atoms with Gasteiger partial charge in [0.15, 0.2) is 5.96 Å². The van der Waals surface area contributed by atoms with Crippen LogP contribution in [-0.4, -0.2) is 43.3 Å². The van der Waals surface area contributed by atoms with Crippen LogP contribution in [0.15, 0.2) is 21.5 Å². The molecule has 0 aliphatic rings. The van der Waals surface area contributed by atoms with Crippen molar-refractivity contribution in [3.05, 3.63) is 23.7 Å². The van der Waals surface area contributed by atoms with E-state index in [1.165, 1.54) is 0 Å². The number of unbranched alkanes of at least 4 members (excludes halogenated alkanes) is 3. The van der Waals surface area contributed by atoms with Gasteiger partial charge in [-0.3, -0.25) is 4.79 Å². The Morgan fingerprint density at radius 3 is 2.59 bits per heavy atom. The molecule has 3 N–H and O–H groups in total. The van der Waals surface area contributed by atoms with Gasteiger partial charge < -0.3 is 24.9 Å². The van der Waals surface area contributed by atoms with E-state index in [0.29, 0.717) is 24.7 Å². The first-order valence-corrected chi connectivity index (χ1v) is 9.86. The van der Waals surface area contributed by atoms with E-state index in [2.05, 4.69) is 15.6 Å². The lowest BCUT2D eigenvalue weighted by Crippen LogP contribution is -2.39. The van der Waals surface area contributed by atoms with E-state index in [-0.39, 0.29) is 12.5 Å². The highest BCUT2D eigenvalue weighted by Crippen LogP contribution is 2.23. The van der Waals surface area contributed by atoms with Gasteiger partial charge >= 0.3 is 5.97 Å². The molecule has 0 spiro atoms. The number of hydrogen-bond acceptors (Lipinski definition) is 5. The maximum absolute atomic E-state index is 11.3. The second-order valence-corrected chi connectivity index (χ2v) is 6.78. The molecule has 154 valence electrons. The van der Waals surface area contributed by atoms with Gasteiger partial charge in [-0.2, -0.15) is 0 Å². The van der Waals surface area contributed by atoms with Gasteiger partial charge in [-0.1, -0.05) is 12.8 Å². The van der Waals surface area contributed by atoms with E-state index in [0.717, 1.165) is 44.5 Å². The van der Waals surface area contributed by atoms with Crippen molar-refractivity contribution < 1.29 is 19.1 Å². The topological polar surface area (TPSA) is 96.1 Å². The molecule has 1 heterocycles. The summed E-state index contributed by atoms with van der Waals surface area (Å²) in [7, 11) is 0. The molecule has 0 radical (unpaired) electrons. The van der Waals surface area contributed by atoms with Gasteiger partial charge in [0.05, 0.1) is 13.2 Å². The number of rotatable bonds is 12. The Balaban J connectivity index is 2.32. The number of carbonyl (C=O) groups excluding carboxylic acids is 1. The molecular formula is C20H35N3O4. The van der Waals surface area contributed by atoms with Crippen molar-refractivity contribution in [1.29, 1.82) is 0 Å². The Labute approximate surface area is 162 Å². The summed E-state index contributed by atoms with van der Waals surface area (Å²) in [6, 6.07) is 3.61. The molecular weight excluding hydrogens is 346 g/mol. The number of aliphatic hydroxyl groups is 1. The number of aryl methyl sites for hydroxylation is 1. The minimum absolute atomic E-state index is 0.115. The molecule has 27 heavy (non-hydrogen) atoms. The van der Waals surface area contributed by atoms with E-state index >= 15 is 0 Å². The number of carbonyl (C=O) groups is 1. The summed E-state index contributed by atoms with van der Waals surface area (Å²) in [5.74, 6) is 1.84. The lowest BCUT2D eigenvalue weighted by Gasteiger charge is -2.19. The first kappa shape index (κ1) is 23.0. The molecule has 1 aromatic heterocycles. The second-order valence-electron chi connectivity index (χ2n) is 6.78. The zero-order valence-corrected chi connectivity index (χ0v) is 17.1. The SMILES string of the molecule is CCNC(=NCC(C)(O)c1ccc(C)o1)NCCCCCCC(=O)OCC. The molecule has 0 aromatic carbocycles. The highest BCUT2D eigenvalue weighted by atomic mass is 16.5. The fourth-order valence-electron chi connectivity index (χ4n) is 2.56. The average molecular weight is 382 g/mol. The summed E-state index contributed by atoms with van der Waals surface area (Å²) in [6.45, 7) is 9.54. The maximum Gasteiger partial charge on any atom is 0.305 e. The third-order valence-corrected chi connectivity index (χ3v) is 4.07. The number of furan rings is 1. The Morgan fingerprint density at radius 1 is 1.22 bits per heavy atom. The number of nitrogens with one attached hydrogen (secondary N) is 2. The molecule has 0 aliphatic carbocycles. The minimum Gasteiger partial charge on any atom is -0.466 e. The number of aliphatic imine (C=N–C) groups is 1. The van der Waals surface area contributed by atoms with Crippen LogP contribution in [0.25, 0.3) is 0 Å². The predicted octanol–water partition coefficient (Wildman–Crippen LogP) is 2.86. The average Bonchev–Trinajstić information content (AvgIpc) is 3.06. The summed E-state index contributed by atoms with van der Waals surface area (Å²) in [6.07, 6.45) is 4.38. The van der Waals surface area contributed by atoms with Crippen LogP contribution in [0.2, 0.25) is 0 Å². The molecule has 0 fully saturated rings. The molecule has 0 amide bonds. The summed E-state index contributed by atoms with van der Waals surface area (Å²) in [4.78, 5) is 15.7. The number of esters is 1. The van der Waals surface area contributed by atoms with Crippen LogP contribution in [-0.2, 0) is 15.1 Å². The standard InChI is InChI=1S/C20H35N3O4/c1-5-21-19(22-14-10-8-7-9-11-18(24)26-6-2)23-15-20(4,25)17-13-12-16(3)27-17/h12-13,25H,5-11,14-15H2,1-4H3,(H2,21,22,23). The molecule has 1 unspecified atom stereocenters. The molecule has 0 aliphatic heterocycles. The van der Waals surface area contributed by atoms with Crippen molar-refractivity contribution in [1.82, 2.24) is 10.6 Å². The normalized spacial score (nSPS) is 13.9. The van der Waals surface area contributed by atoms with Gasteiger partial charge in [-0.25, -0.2) is 4.99 Å². The van der Waals surface area contributed by atoms with Gasteiger partial charge in [-0.05, 0) is 52.7 Å². The van der Waals surface area contributed by atoms with Gasteiger partial charge in [-0.15, -0.1) is 0 Å². The minimum atomic E-state index is -1.15. The maximum atomic E-state index is 11.3. The van der Waals surface area contributed by atoms with Crippen molar-refractivity contribution >= 4 is 11.9 Å². The first-order chi connectivity index (χ1) is 12.9. The van der Waals surface area contributed by atoms with Crippen molar-refractivity contribution in [3.8, 4) is 0 Å². The van der Waals surface area contributed by atoms with E-state index in [4.69, 9.17) is 9.15 Å². The van der Waals surface area contributed by atoms with Crippen molar-refractivity contribution in [2.75, 3.05) is 26.2 Å². The van der Waals surface area contributed by atoms with Crippen molar-refractivity contribution in [2.24, 2.45) is 4.99 Å². The van der Waals surface area contributed by atoms with Crippen molar-refractivity contribution in [2.45, 2.75) is 65.4 Å². The number of ether oxygens (including phenoxy) is 1. The van der Waals surface area contributed by atoms with Gasteiger partial charge in [0.25, 0.3) is 0 Å². The van der Waals surface area contributed by atoms with Crippen LogP contribution in [0.1, 0.15) is 64.4 Å². The van der Waals surface area contributed by atoms with E-state index in [9.17, 15) is 9.90 Å². The zero-order chi connectivity index (χ0) is 20.1. The van der Waals surface area contributed by atoms with Crippen LogP contribution >= 0.6 is 0 Å². The van der Waals surface area contributed by atoms with Crippen LogP contribution < -0.4 is 10.6 Å². The molecule has 0 saturated carbocycles. The fraction of sp³-hybridized carbons (Fsp3) is 0.700. The fourth-order valence-corrected chi connectivity index (χ4v) is 2.56. The van der Waals surface area contributed by atoms with Crippen molar-refractivity contribution in [3.63, 3.8) is 0 Å². The number of hydrogen-bond donors (Lipinski definition) is 3. The monoisotopic (exact) mass is 381 g/mol. The smallest absolute Gasteiger partial charge is 0.305 e. The molecule has 1 rings (SSSR count). The molecule has 7 nitrogen and oxygen atoms in total. The van der Waals surface area contributed by atoms with Gasteiger partial charge in [0.1, 0.15) is 17.1 Å². The quantitative estimate of drug-likeness (QED) is 0.223. The van der Waals surface area contributed by atoms with Crippen LogP contribution in [0.3, 0.4) is 0 Å². The summed E-state index contributed by atoms with van der Waals surface area (Å²) in [5, 5.41) is 17.0. The zero-order valence-electron chi connectivity index (χ0n) is 17.1. The first-order valence-electron chi connectivity index (χ1n) is 9.86. The Hall–Kier alpha value is -2.02. The Kier molecular flexibility index (Phi) is 10.6. The second kappa shape index (κ2) is 12.4. The van der Waals surface area contributed by atoms with E-state index in [1.54, 1.807) is 13.0 Å². The molecule has 7 heteroatoms. The van der Waals surface area contributed by atoms with Gasteiger partial charge in [0.2, 0.25) is 0 Å². The highest BCUT2D eigenvalue weighted by Gasteiger charge is 2.26. The van der Waals surface area contributed by atoms with Gasteiger partial charge in [0, 0.05) is 19.5 Å². The third-order valence-electron chi connectivity index (χ3n) is 4.07. The van der Waals surface area contributed by atoms with E-state index in [1.807, 2.05) is 26.8 Å². The Bertz CT molecular complexity index is 582. The van der Waals surface area contributed by atoms with E-state index < -0.39 is 5.60 Å². The lowest BCUT2D eigenvalue weighted by molar-refractivity contribution is -0.143. The summed E-state index contributed by atoms with van der Waals surface area (Å²) < 4.78 is 10.4. The van der Waals surface area contributed by atoms with Crippen LogP contribution in [0.4, 0.5) is 0 Å². The van der Waals surface area contributed by atoms with Crippen LogP contribution in [0, 0.1) is 6.92 Å². The highest BCUT2D eigenvalue weighted by molar-refractivity contribution is 5.79. The largest absolute Gasteiger partial charge is 0.466 e. The Morgan fingerprint density at radius 2 is 1.96 bits per heavy atom.